The van der Waals surface area contributed by atoms with Gasteiger partial charge in [-0.3, -0.25) is 4.99 Å². The molecule has 1 spiro atoms. The van der Waals surface area contributed by atoms with Crippen molar-refractivity contribution in [2.75, 3.05) is 5.75 Å². The van der Waals surface area contributed by atoms with Crippen molar-refractivity contribution in [3.63, 3.8) is 0 Å². The van der Waals surface area contributed by atoms with E-state index in [1.165, 1.54) is 31.4 Å². The first-order valence-electron chi connectivity index (χ1n) is 6.58. The van der Waals surface area contributed by atoms with Crippen molar-refractivity contribution in [1.29, 1.82) is 0 Å². The third kappa shape index (κ3) is 2.43. The Labute approximate surface area is 116 Å². The van der Waals surface area contributed by atoms with Gasteiger partial charge < -0.3 is 5.32 Å². The second kappa shape index (κ2) is 4.85. The summed E-state index contributed by atoms with van der Waals surface area (Å²) in [7, 11) is 0. The third-order valence-corrected chi connectivity index (χ3v) is 6.03. The van der Waals surface area contributed by atoms with E-state index < -0.39 is 0 Å². The normalized spacial score (nSPS) is 25.8. The van der Waals surface area contributed by atoms with Crippen LogP contribution in [0.3, 0.4) is 0 Å². The molecule has 2 fully saturated rings. The second-order valence-corrected chi connectivity index (χ2v) is 7.19. The maximum absolute atomic E-state index is 4.79. The Kier molecular flexibility index (Phi) is 3.36. The van der Waals surface area contributed by atoms with Crippen LogP contribution >= 0.6 is 23.1 Å². The van der Waals surface area contributed by atoms with Crippen LogP contribution in [0.25, 0.3) is 0 Å². The molecule has 0 bridgehead atoms. The van der Waals surface area contributed by atoms with Crippen molar-refractivity contribution in [1.82, 2.24) is 10.3 Å². The van der Waals surface area contributed by atoms with Crippen molar-refractivity contribution >= 4 is 28.3 Å². The molecule has 2 heterocycles. The van der Waals surface area contributed by atoms with Gasteiger partial charge in [0.1, 0.15) is 11.0 Å². The van der Waals surface area contributed by atoms with Crippen LogP contribution in [0, 0.1) is 6.92 Å². The van der Waals surface area contributed by atoms with Crippen molar-refractivity contribution in [3.8, 4) is 0 Å². The van der Waals surface area contributed by atoms with E-state index in [1.54, 1.807) is 11.3 Å². The maximum atomic E-state index is 4.79. The van der Waals surface area contributed by atoms with Gasteiger partial charge in [-0.1, -0.05) is 24.6 Å². The maximum Gasteiger partial charge on any atom is 0.157 e. The van der Waals surface area contributed by atoms with Gasteiger partial charge in [-0.25, -0.2) is 4.98 Å². The molecule has 1 aromatic rings. The predicted octanol–water partition coefficient (Wildman–Crippen LogP) is 3.52. The van der Waals surface area contributed by atoms with Crippen LogP contribution in [0.4, 0.5) is 0 Å². The molecule has 1 atom stereocenters. The number of hydrogen-bond donors (Lipinski definition) is 1. The Morgan fingerprint density at radius 1 is 1.44 bits per heavy atom. The molecule has 1 unspecified atom stereocenters. The molecule has 1 saturated carbocycles. The summed E-state index contributed by atoms with van der Waals surface area (Å²) in [5.41, 5.74) is 1.46. The molecule has 3 nitrogen and oxygen atoms in total. The minimum absolute atomic E-state index is 0.176. The van der Waals surface area contributed by atoms with Crippen LogP contribution in [0.5, 0.6) is 0 Å². The molecule has 1 N–H and O–H groups in total. The zero-order chi connectivity index (χ0) is 12.6. The molecule has 5 heteroatoms. The fourth-order valence-electron chi connectivity index (χ4n) is 2.69. The van der Waals surface area contributed by atoms with Gasteiger partial charge in [0.2, 0.25) is 0 Å². The predicted molar refractivity (Wildman–Crippen MR) is 79.5 cm³/mol. The first-order valence-corrected chi connectivity index (χ1v) is 8.44. The van der Waals surface area contributed by atoms with Gasteiger partial charge in [-0.2, -0.15) is 0 Å². The Bertz CT molecular complexity index is 461. The number of aromatic nitrogens is 1. The van der Waals surface area contributed by atoms with E-state index in [0.717, 1.165) is 15.9 Å². The molecule has 1 saturated heterocycles. The van der Waals surface area contributed by atoms with E-state index in [4.69, 9.17) is 4.99 Å². The fraction of sp³-hybridized carbons (Fsp3) is 0.692. The highest BCUT2D eigenvalue weighted by molar-refractivity contribution is 8.14. The lowest BCUT2D eigenvalue weighted by Gasteiger charge is -2.21. The SMILES string of the molecule is Cc1csc(C(C)N=C2NC3(CCCC3)CS2)n1. The van der Waals surface area contributed by atoms with Gasteiger partial charge >= 0.3 is 0 Å². The van der Waals surface area contributed by atoms with Gasteiger partial charge in [0.15, 0.2) is 5.17 Å². The van der Waals surface area contributed by atoms with Crippen molar-refractivity contribution < 1.29 is 0 Å². The molecule has 1 aliphatic heterocycles. The molecular formula is C13H19N3S2. The summed E-state index contributed by atoms with van der Waals surface area (Å²) >= 11 is 3.59. The third-order valence-electron chi connectivity index (χ3n) is 3.72. The molecule has 3 rings (SSSR count). The lowest BCUT2D eigenvalue weighted by Crippen LogP contribution is -2.40. The molecule has 2 aliphatic rings. The van der Waals surface area contributed by atoms with Gasteiger partial charge in [0.25, 0.3) is 0 Å². The van der Waals surface area contributed by atoms with Crippen LogP contribution < -0.4 is 5.32 Å². The molecule has 98 valence electrons. The summed E-state index contributed by atoms with van der Waals surface area (Å²) in [5, 5.41) is 8.00. The number of amidine groups is 1. The van der Waals surface area contributed by atoms with E-state index in [1.807, 2.05) is 18.7 Å². The summed E-state index contributed by atoms with van der Waals surface area (Å²) < 4.78 is 0. The zero-order valence-electron chi connectivity index (χ0n) is 10.9. The van der Waals surface area contributed by atoms with Gasteiger partial charge in [-0.15, -0.1) is 11.3 Å². The standard InChI is InChI=1S/C13H19N3S2/c1-9-7-17-11(14-9)10(2)15-12-16-13(8-18-12)5-3-4-6-13/h7,10H,3-6,8H2,1-2H3,(H,15,16). The fourth-order valence-corrected chi connectivity index (χ4v) is 4.78. The number of aliphatic imine (C=N–C) groups is 1. The van der Waals surface area contributed by atoms with Crippen LogP contribution in [0.15, 0.2) is 10.4 Å². The summed E-state index contributed by atoms with van der Waals surface area (Å²) in [6.45, 7) is 4.17. The second-order valence-electron chi connectivity index (χ2n) is 5.34. The van der Waals surface area contributed by atoms with Gasteiger partial charge in [-0.05, 0) is 26.7 Å². The van der Waals surface area contributed by atoms with E-state index in [-0.39, 0.29) is 6.04 Å². The highest BCUT2D eigenvalue weighted by atomic mass is 32.2. The quantitative estimate of drug-likeness (QED) is 0.901. The average Bonchev–Trinajstić information content (AvgIpc) is 3.03. The van der Waals surface area contributed by atoms with Crippen LogP contribution in [-0.2, 0) is 0 Å². The Balaban J connectivity index is 1.70. The van der Waals surface area contributed by atoms with Crippen molar-refractivity contribution in [3.05, 3.63) is 16.1 Å². The Morgan fingerprint density at radius 3 is 2.89 bits per heavy atom. The summed E-state index contributed by atoms with van der Waals surface area (Å²) in [6.07, 6.45) is 5.34. The smallest absolute Gasteiger partial charge is 0.157 e. The van der Waals surface area contributed by atoms with E-state index in [0.29, 0.717) is 5.54 Å². The lowest BCUT2D eigenvalue weighted by atomic mass is 10.0. The molecule has 0 radical (unpaired) electrons. The first kappa shape index (κ1) is 12.5. The number of nitrogens with zero attached hydrogens (tertiary/aromatic N) is 2. The molecular weight excluding hydrogens is 262 g/mol. The number of thiazole rings is 1. The van der Waals surface area contributed by atoms with E-state index >= 15 is 0 Å². The number of aryl methyl sites for hydroxylation is 1. The highest BCUT2D eigenvalue weighted by Gasteiger charge is 2.39. The number of nitrogens with one attached hydrogen (secondary N) is 1. The van der Waals surface area contributed by atoms with Crippen LogP contribution in [0.2, 0.25) is 0 Å². The zero-order valence-corrected chi connectivity index (χ0v) is 12.5. The van der Waals surface area contributed by atoms with Crippen molar-refractivity contribution in [2.45, 2.75) is 51.1 Å². The number of hydrogen-bond acceptors (Lipinski definition) is 4. The Hall–Kier alpha value is -0.550. The monoisotopic (exact) mass is 281 g/mol. The minimum atomic E-state index is 0.176. The van der Waals surface area contributed by atoms with E-state index in [2.05, 4.69) is 22.6 Å². The number of rotatable bonds is 2. The lowest BCUT2D eigenvalue weighted by molar-refractivity contribution is 0.452. The molecule has 18 heavy (non-hydrogen) atoms. The van der Waals surface area contributed by atoms with Crippen LogP contribution in [-0.4, -0.2) is 21.4 Å². The van der Waals surface area contributed by atoms with Crippen molar-refractivity contribution in [2.24, 2.45) is 4.99 Å². The molecule has 0 amide bonds. The summed E-state index contributed by atoms with van der Waals surface area (Å²) in [4.78, 5) is 9.31. The summed E-state index contributed by atoms with van der Waals surface area (Å²) in [6, 6.07) is 0.176. The minimum Gasteiger partial charge on any atom is -0.359 e. The van der Waals surface area contributed by atoms with Gasteiger partial charge in [0, 0.05) is 22.4 Å². The molecule has 1 aromatic heterocycles. The highest BCUT2D eigenvalue weighted by Crippen LogP contribution is 2.38. The first-order chi connectivity index (χ1) is 8.67. The number of thioether (sulfide) groups is 1. The Morgan fingerprint density at radius 2 is 2.22 bits per heavy atom. The molecule has 0 aromatic carbocycles. The average molecular weight is 281 g/mol. The largest absolute Gasteiger partial charge is 0.359 e. The topological polar surface area (TPSA) is 37.3 Å². The van der Waals surface area contributed by atoms with E-state index in [9.17, 15) is 0 Å². The van der Waals surface area contributed by atoms with Crippen LogP contribution in [0.1, 0.15) is 49.4 Å². The molecule has 1 aliphatic carbocycles. The summed E-state index contributed by atoms with van der Waals surface area (Å²) in [5.74, 6) is 1.19. The van der Waals surface area contributed by atoms with Gasteiger partial charge in [0.05, 0.1) is 0 Å².